The summed E-state index contributed by atoms with van der Waals surface area (Å²) in [5.41, 5.74) is 1.74. The minimum absolute atomic E-state index is 0.00791. The van der Waals surface area contributed by atoms with Gasteiger partial charge < -0.3 is 81.7 Å². The Morgan fingerprint density at radius 1 is 0.656 bits per heavy atom. The van der Waals surface area contributed by atoms with Gasteiger partial charge in [0.15, 0.2) is 0 Å². The summed E-state index contributed by atoms with van der Waals surface area (Å²) in [5.74, 6) is -8.14. The van der Waals surface area contributed by atoms with Gasteiger partial charge in [-0.1, -0.05) is 31.4 Å². The van der Waals surface area contributed by atoms with Crippen LogP contribution in [0.5, 0.6) is 0 Å². The molecule has 498 valence electrons. The quantitative estimate of drug-likeness (QED) is 0.0250. The molecule has 2 saturated heterocycles. The predicted molar refractivity (Wildman–Crippen MR) is 326 cm³/mol. The second-order valence-electron chi connectivity index (χ2n) is 22.0. The van der Waals surface area contributed by atoms with Gasteiger partial charge in [-0.15, -0.1) is 0 Å². The number of anilines is 2. The van der Waals surface area contributed by atoms with E-state index < -0.39 is 110 Å². The van der Waals surface area contributed by atoms with Crippen molar-refractivity contribution in [2.45, 2.75) is 119 Å². The SMILES string of the molecule is CNc1cc(C(=O)NCCCOCCOCCOCCCNC(=O)C(CC(=O)OC)NC(=O)CCCCC2SCC3NC(=O)NC32)cc(C(=O)Nc2ccc(CC(CN(CC(=O)O)C3CCCCC3N(CC(=O)O)CC(=O)O)N(CC(=O)O)CC(=O)O)cc2)c1. The number of ether oxygens (including phenoxy) is 4. The van der Waals surface area contributed by atoms with Crippen LogP contribution in [0, 0.1) is 0 Å². The number of unbranched alkanes of at least 4 members (excludes halogenated alkanes) is 1. The van der Waals surface area contributed by atoms with Gasteiger partial charge in [0.05, 0.1) is 84.8 Å². The number of benzene rings is 2. The number of thioether (sulfide) groups is 1. The third-order valence-electron chi connectivity index (χ3n) is 15.3. The third-order valence-corrected chi connectivity index (χ3v) is 16.8. The average Bonchev–Trinajstić information content (AvgIpc) is 1.69. The van der Waals surface area contributed by atoms with E-state index in [0.29, 0.717) is 94.9 Å². The number of nitrogens with one attached hydrogen (secondary N) is 7. The molecule has 0 bridgehead atoms. The zero-order valence-corrected chi connectivity index (χ0v) is 51.6. The average molecular weight is 1290 g/mol. The first kappa shape index (κ1) is 73.1. The topological polar surface area (TPSA) is 420 Å². The van der Waals surface area contributed by atoms with Gasteiger partial charge in [-0.2, -0.15) is 11.8 Å². The Labute approximate surface area is 525 Å². The molecule has 0 spiro atoms. The second-order valence-corrected chi connectivity index (χ2v) is 23.3. The first-order valence-electron chi connectivity index (χ1n) is 30.0. The Kier molecular flexibility index (Phi) is 31.5. The molecular formula is C59H86N10O20S. The lowest BCUT2D eigenvalue weighted by molar-refractivity contribution is -0.146. The Balaban J connectivity index is 1.00. The molecule has 2 aliphatic heterocycles. The molecule has 1 aliphatic carbocycles. The van der Waals surface area contributed by atoms with E-state index in [2.05, 4.69) is 37.2 Å². The van der Waals surface area contributed by atoms with Crippen LogP contribution in [0.1, 0.15) is 96.9 Å². The monoisotopic (exact) mass is 1290 g/mol. The Morgan fingerprint density at radius 2 is 1.21 bits per heavy atom. The summed E-state index contributed by atoms with van der Waals surface area (Å²) < 4.78 is 21.5. The van der Waals surface area contributed by atoms with Crippen LogP contribution in [-0.4, -0.2) is 259 Å². The number of hydrogen-bond acceptors (Lipinski definition) is 20. The maximum atomic E-state index is 13.6. The van der Waals surface area contributed by atoms with Gasteiger partial charge in [-0.25, -0.2) is 4.79 Å². The normalized spacial score (nSPS) is 18.4. The van der Waals surface area contributed by atoms with Crippen molar-refractivity contribution in [1.29, 1.82) is 0 Å². The number of carbonyl (C=O) groups excluding carboxylic acids is 6. The van der Waals surface area contributed by atoms with Crippen LogP contribution >= 0.6 is 11.8 Å². The molecule has 7 unspecified atom stereocenters. The number of amides is 6. The maximum Gasteiger partial charge on any atom is 0.317 e. The van der Waals surface area contributed by atoms with Crippen LogP contribution < -0.4 is 37.2 Å². The molecule has 5 rings (SSSR count). The van der Waals surface area contributed by atoms with Crippen LogP contribution in [0.15, 0.2) is 42.5 Å². The van der Waals surface area contributed by atoms with E-state index in [0.717, 1.165) is 18.6 Å². The molecule has 12 N–H and O–H groups in total. The fourth-order valence-corrected chi connectivity index (χ4v) is 12.6. The minimum atomic E-state index is -1.34. The highest BCUT2D eigenvalue weighted by atomic mass is 32.2. The van der Waals surface area contributed by atoms with Crippen molar-refractivity contribution in [2.75, 3.05) is 123 Å². The van der Waals surface area contributed by atoms with Crippen LogP contribution in [0.25, 0.3) is 0 Å². The van der Waals surface area contributed by atoms with Crippen LogP contribution in [0.4, 0.5) is 16.2 Å². The number of rotatable bonds is 44. The Bertz CT molecular complexity index is 2710. The Morgan fingerprint density at radius 3 is 1.79 bits per heavy atom. The summed E-state index contributed by atoms with van der Waals surface area (Å²) in [6.45, 7) is -1.15. The first-order valence-corrected chi connectivity index (χ1v) is 31.1. The van der Waals surface area contributed by atoms with Crippen molar-refractivity contribution in [3.8, 4) is 0 Å². The molecule has 1 saturated carbocycles. The maximum absolute atomic E-state index is 13.6. The number of carboxylic acids is 5. The summed E-state index contributed by atoms with van der Waals surface area (Å²) in [6.07, 6.45) is 4.97. The smallest absolute Gasteiger partial charge is 0.317 e. The number of nitrogens with zero attached hydrogens (tertiary/aromatic N) is 3. The number of methoxy groups -OCH3 is 1. The predicted octanol–water partition coefficient (Wildman–Crippen LogP) is 0.982. The number of fused-ring (bicyclic) bond motifs is 1. The number of carboxylic acid groups (broad SMARTS) is 5. The summed E-state index contributed by atoms with van der Waals surface area (Å²) >= 11 is 1.80. The summed E-state index contributed by atoms with van der Waals surface area (Å²) in [5, 5.41) is 69.2. The highest BCUT2D eigenvalue weighted by Crippen LogP contribution is 2.33. The fraction of sp³-hybridized carbons (Fsp3) is 0.610. The van der Waals surface area contributed by atoms with Crippen molar-refractivity contribution in [3.05, 3.63) is 59.2 Å². The van der Waals surface area contributed by atoms with E-state index in [1.807, 2.05) is 0 Å². The molecule has 7 atom stereocenters. The molecule has 30 nitrogen and oxygen atoms in total. The second kappa shape index (κ2) is 38.8. The first-order chi connectivity index (χ1) is 43.1. The zero-order valence-electron chi connectivity index (χ0n) is 50.8. The summed E-state index contributed by atoms with van der Waals surface area (Å²) in [4.78, 5) is 140. The highest BCUT2D eigenvalue weighted by molar-refractivity contribution is 8.00. The van der Waals surface area contributed by atoms with E-state index in [4.69, 9.17) is 18.9 Å². The molecule has 3 aliphatic rings. The van der Waals surface area contributed by atoms with E-state index in [-0.39, 0.29) is 85.9 Å². The van der Waals surface area contributed by atoms with Crippen LogP contribution in [0.3, 0.4) is 0 Å². The highest BCUT2D eigenvalue weighted by Gasteiger charge is 2.43. The number of carbonyl (C=O) groups is 11. The van der Waals surface area contributed by atoms with E-state index in [1.165, 1.54) is 27.9 Å². The molecule has 3 fully saturated rings. The van der Waals surface area contributed by atoms with Crippen LogP contribution in [0.2, 0.25) is 0 Å². The van der Waals surface area contributed by atoms with Gasteiger partial charge in [0.25, 0.3) is 11.8 Å². The van der Waals surface area contributed by atoms with Gasteiger partial charge in [0, 0.05) is 97.9 Å². The van der Waals surface area contributed by atoms with E-state index >= 15 is 0 Å². The molecular weight excluding hydrogens is 1200 g/mol. The number of urea groups is 1. The molecule has 90 heavy (non-hydrogen) atoms. The minimum Gasteiger partial charge on any atom is -0.480 e. The lowest BCUT2D eigenvalue weighted by atomic mass is 9.87. The van der Waals surface area contributed by atoms with E-state index in [9.17, 15) is 78.3 Å². The molecule has 0 aromatic heterocycles. The largest absolute Gasteiger partial charge is 0.480 e. The van der Waals surface area contributed by atoms with Crippen LogP contribution in [-0.2, 0) is 63.7 Å². The van der Waals surface area contributed by atoms with Crippen molar-refractivity contribution in [2.24, 2.45) is 0 Å². The molecule has 31 heteroatoms. The Hall–Kier alpha value is -7.68. The fourth-order valence-electron chi connectivity index (χ4n) is 11.1. The van der Waals surface area contributed by atoms with Crippen molar-refractivity contribution >= 4 is 88.6 Å². The van der Waals surface area contributed by atoms with Gasteiger partial charge in [0.2, 0.25) is 11.8 Å². The van der Waals surface area contributed by atoms with Gasteiger partial charge in [-0.05, 0) is 80.8 Å². The van der Waals surface area contributed by atoms with E-state index in [1.54, 1.807) is 55.2 Å². The van der Waals surface area contributed by atoms with Gasteiger partial charge in [0.1, 0.15) is 6.04 Å². The third kappa shape index (κ3) is 26.0. The van der Waals surface area contributed by atoms with Crippen molar-refractivity contribution < 1.29 is 97.2 Å². The lowest BCUT2D eigenvalue weighted by Gasteiger charge is -2.45. The molecule has 6 amide bonds. The molecule has 0 radical (unpaired) electrons. The molecule has 2 heterocycles. The molecule has 2 aromatic carbocycles. The van der Waals surface area contributed by atoms with Gasteiger partial charge in [-0.3, -0.25) is 62.6 Å². The van der Waals surface area contributed by atoms with Gasteiger partial charge >= 0.3 is 41.8 Å². The number of hydrogen-bond donors (Lipinski definition) is 12. The number of aliphatic carboxylic acids is 5. The summed E-state index contributed by atoms with van der Waals surface area (Å²) in [7, 11) is 2.84. The van der Waals surface area contributed by atoms with Crippen molar-refractivity contribution in [3.63, 3.8) is 0 Å². The lowest BCUT2D eigenvalue weighted by Crippen LogP contribution is -2.59. The summed E-state index contributed by atoms with van der Waals surface area (Å²) in [6, 6.07) is 7.65. The standard InChI is InChI=1S/C59H86N10O20S/c1-60-41-27-38(56(82)61-17-7-19-87-21-23-89-24-22-88-20-8-18-62-58(84)43(29-54(81)86-2)64-48(70)12-6-5-11-47-55-44(36-90-47)65-59(85)66-55)26-39(28-41)57(83)63-40-15-13-37(14-16-40)25-42(67(31-49(71)72)32-50(73)74)30-68(33-51(75)76)45-9-3-4-10-46(45)69(34-52(77)78)35-53(79)80/h13-16,26-28,42-47,55,60H,3-12,17-25,29-36H2,1-2H3,(H,61,82)(H,62,84)(H,63,83)(H,64,70)(H,71,72)(H,73,74)(H,75,76)(H,77,78)(H,79,80)(H2,65,66,85). The zero-order chi connectivity index (χ0) is 65.5. The molecule has 2 aromatic rings. The van der Waals surface area contributed by atoms with Crippen molar-refractivity contribution in [1.82, 2.24) is 41.3 Å². The number of esters is 1.